The van der Waals surface area contributed by atoms with E-state index in [2.05, 4.69) is 54.4 Å². The second kappa shape index (κ2) is 3.87. The van der Waals surface area contributed by atoms with E-state index in [1.807, 2.05) is 12.1 Å². The third-order valence-corrected chi connectivity index (χ3v) is 4.69. The third-order valence-electron chi connectivity index (χ3n) is 1.28. The fourth-order valence-corrected chi connectivity index (χ4v) is 2.16. The van der Waals surface area contributed by atoms with Crippen LogP contribution >= 0.6 is 47.8 Å². The first-order valence-corrected chi connectivity index (χ1v) is 5.30. The predicted molar refractivity (Wildman–Crippen MR) is 59.6 cm³/mol. The lowest BCUT2D eigenvalue weighted by atomic mass is 10.2. The standard InChI is InChI=1S/C8H5Br3/c1-2-5-3-4-6(9)8(11)7(5)10/h2-4H,1H2. The smallest absolute Gasteiger partial charge is 0.0465 e. The topological polar surface area (TPSA) is 0 Å². The molecule has 0 radical (unpaired) electrons. The Balaban J connectivity index is 3.36. The van der Waals surface area contributed by atoms with Crippen LogP contribution < -0.4 is 0 Å². The van der Waals surface area contributed by atoms with Crippen LogP contribution in [-0.4, -0.2) is 0 Å². The van der Waals surface area contributed by atoms with Gasteiger partial charge < -0.3 is 0 Å². The molecule has 0 saturated carbocycles. The molecule has 0 atom stereocenters. The monoisotopic (exact) mass is 338 g/mol. The van der Waals surface area contributed by atoms with E-state index in [1.54, 1.807) is 6.08 Å². The molecule has 1 aromatic carbocycles. The summed E-state index contributed by atoms with van der Waals surface area (Å²) >= 11 is 10.3. The molecular weight excluding hydrogens is 336 g/mol. The number of halogens is 3. The van der Waals surface area contributed by atoms with E-state index in [4.69, 9.17) is 0 Å². The molecule has 58 valence electrons. The van der Waals surface area contributed by atoms with Gasteiger partial charge in [-0.3, -0.25) is 0 Å². The molecule has 0 aliphatic heterocycles. The molecule has 0 N–H and O–H groups in total. The summed E-state index contributed by atoms with van der Waals surface area (Å²) in [4.78, 5) is 0. The van der Waals surface area contributed by atoms with Gasteiger partial charge in [-0.1, -0.05) is 18.7 Å². The van der Waals surface area contributed by atoms with Crippen molar-refractivity contribution in [2.75, 3.05) is 0 Å². The first-order chi connectivity index (χ1) is 5.16. The van der Waals surface area contributed by atoms with Crippen LogP contribution in [0.4, 0.5) is 0 Å². The molecule has 1 rings (SSSR count). The quantitative estimate of drug-likeness (QED) is 0.654. The van der Waals surface area contributed by atoms with Gasteiger partial charge in [0.2, 0.25) is 0 Å². The lowest BCUT2D eigenvalue weighted by Gasteiger charge is -2.02. The van der Waals surface area contributed by atoms with Crippen molar-refractivity contribution in [3.63, 3.8) is 0 Å². The molecule has 0 aliphatic rings. The molecule has 0 nitrogen and oxygen atoms in total. The van der Waals surface area contributed by atoms with Crippen molar-refractivity contribution in [2.45, 2.75) is 0 Å². The minimum Gasteiger partial charge on any atom is -0.0984 e. The zero-order chi connectivity index (χ0) is 8.43. The van der Waals surface area contributed by atoms with Crippen LogP contribution in [0.5, 0.6) is 0 Å². The Labute approximate surface area is 91.1 Å². The highest BCUT2D eigenvalue weighted by Gasteiger charge is 2.03. The van der Waals surface area contributed by atoms with Gasteiger partial charge >= 0.3 is 0 Å². The zero-order valence-corrected chi connectivity index (χ0v) is 10.3. The summed E-state index contributed by atoms with van der Waals surface area (Å²) in [6.07, 6.45) is 1.81. The molecule has 0 saturated heterocycles. The van der Waals surface area contributed by atoms with E-state index in [0.717, 1.165) is 19.0 Å². The Morgan fingerprint density at radius 2 is 1.73 bits per heavy atom. The molecule has 0 fully saturated rings. The van der Waals surface area contributed by atoms with Crippen LogP contribution in [0.3, 0.4) is 0 Å². The van der Waals surface area contributed by atoms with E-state index in [1.165, 1.54) is 0 Å². The molecular formula is C8H5Br3. The molecule has 0 aliphatic carbocycles. The Hall–Kier alpha value is 0.400. The minimum atomic E-state index is 1.02. The van der Waals surface area contributed by atoms with Gasteiger partial charge in [-0.25, -0.2) is 0 Å². The molecule has 1 aromatic rings. The maximum Gasteiger partial charge on any atom is 0.0465 e. The fourth-order valence-electron chi connectivity index (χ4n) is 0.698. The summed E-state index contributed by atoms with van der Waals surface area (Å²) in [5.74, 6) is 0. The normalized spacial score (nSPS) is 9.73. The number of rotatable bonds is 1. The van der Waals surface area contributed by atoms with Crippen LogP contribution in [0.2, 0.25) is 0 Å². The molecule has 0 spiro atoms. The second-order valence-electron chi connectivity index (χ2n) is 1.97. The van der Waals surface area contributed by atoms with Crippen molar-refractivity contribution in [1.29, 1.82) is 0 Å². The fraction of sp³-hybridized carbons (Fsp3) is 0. The Kier molecular flexibility index (Phi) is 3.34. The number of hydrogen-bond acceptors (Lipinski definition) is 0. The van der Waals surface area contributed by atoms with Gasteiger partial charge in [0.25, 0.3) is 0 Å². The van der Waals surface area contributed by atoms with Crippen LogP contribution in [0.15, 0.2) is 32.1 Å². The Morgan fingerprint density at radius 1 is 1.09 bits per heavy atom. The van der Waals surface area contributed by atoms with Crippen LogP contribution in [0.1, 0.15) is 5.56 Å². The van der Waals surface area contributed by atoms with Crippen molar-refractivity contribution >= 4 is 53.9 Å². The molecule has 0 heterocycles. The first-order valence-electron chi connectivity index (χ1n) is 2.92. The summed E-state index contributed by atoms with van der Waals surface area (Å²) in [5, 5.41) is 0. The Morgan fingerprint density at radius 3 is 2.27 bits per heavy atom. The Bertz CT molecular complexity index is 292. The van der Waals surface area contributed by atoms with Gasteiger partial charge in [0.1, 0.15) is 0 Å². The van der Waals surface area contributed by atoms with E-state index >= 15 is 0 Å². The highest BCUT2D eigenvalue weighted by atomic mass is 79.9. The number of benzene rings is 1. The molecule has 11 heavy (non-hydrogen) atoms. The van der Waals surface area contributed by atoms with Crippen LogP contribution in [0, 0.1) is 0 Å². The predicted octanol–water partition coefficient (Wildman–Crippen LogP) is 4.62. The minimum absolute atomic E-state index is 1.02. The van der Waals surface area contributed by atoms with E-state index in [9.17, 15) is 0 Å². The lowest BCUT2D eigenvalue weighted by Crippen LogP contribution is -1.77. The highest BCUT2D eigenvalue weighted by molar-refractivity contribution is 9.14. The van der Waals surface area contributed by atoms with Gasteiger partial charge in [0.15, 0.2) is 0 Å². The summed E-state index contributed by atoms with van der Waals surface area (Å²) in [7, 11) is 0. The van der Waals surface area contributed by atoms with Crippen molar-refractivity contribution in [3.05, 3.63) is 37.7 Å². The van der Waals surface area contributed by atoms with E-state index in [0.29, 0.717) is 0 Å². The largest absolute Gasteiger partial charge is 0.0984 e. The summed E-state index contributed by atoms with van der Waals surface area (Å²) in [6, 6.07) is 3.97. The lowest BCUT2D eigenvalue weighted by molar-refractivity contribution is 1.51. The third kappa shape index (κ3) is 1.95. The van der Waals surface area contributed by atoms with Gasteiger partial charge in [0.05, 0.1) is 0 Å². The van der Waals surface area contributed by atoms with Gasteiger partial charge in [-0.05, 0) is 59.4 Å². The maximum atomic E-state index is 3.70. The maximum absolute atomic E-state index is 3.70. The van der Waals surface area contributed by atoms with Gasteiger partial charge in [-0.15, -0.1) is 0 Å². The number of hydrogen-bond donors (Lipinski definition) is 0. The highest BCUT2D eigenvalue weighted by Crippen LogP contribution is 2.33. The van der Waals surface area contributed by atoms with Crippen molar-refractivity contribution in [3.8, 4) is 0 Å². The molecule has 0 bridgehead atoms. The summed E-state index contributed by atoms with van der Waals surface area (Å²) in [5.41, 5.74) is 1.08. The average Bonchev–Trinajstić information content (AvgIpc) is 2.01. The summed E-state index contributed by atoms with van der Waals surface area (Å²) in [6.45, 7) is 3.70. The molecule has 0 aromatic heterocycles. The van der Waals surface area contributed by atoms with Crippen molar-refractivity contribution < 1.29 is 0 Å². The van der Waals surface area contributed by atoms with Gasteiger partial charge in [0, 0.05) is 13.4 Å². The van der Waals surface area contributed by atoms with E-state index < -0.39 is 0 Å². The molecule has 3 heteroatoms. The van der Waals surface area contributed by atoms with Crippen LogP contribution in [0.25, 0.3) is 6.08 Å². The second-order valence-corrected chi connectivity index (χ2v) is 4.41. The SMILES string of the molecule is C=Cc1ccc(Br)c(Br)c1Br. The van der Waals surface area contributed by atoms with Crippen molar-refractivity contribution in [2.24, 2.45) is 0 Å². The van der Waals surface area contributed by atoms with E-state index in [-0.39, 0.29) is 0 Å². The first kappa shape index (κ1) is 9.49. The zero-order valence-electron chi connectivity index (χ0n) is 5.57. The van der Waals surface area contributed by atoms with Crippen LogP contribution in [-0.2, 0) is 0 Å². The van der Waals surface area contributed by atoms with Crippen molar-refractivity contribution in [1.82, 2.24) is 0 Å². The van der Waals surface area contributed by atoms with Gasteiger partial charge in [-0.2, -0.15) is 0 Å². The average molecular weight is 341 g/mol. The molecule has 0 unspecified atom stereocenters. The summed E-state index contributed by atoms with van der Waals surface area (Å²) < 4.78 is 3.09. The molecule has 0 amide bonds.